The van der Waals surface area contributed by atoms with Gasteiger partial charge in [0.2, 0.25) is 11.8 Å². The summed E-state index contributed by atoms with van der Waals surface area (Å²) in [6.07, 6.45) is 7.07. The van der Waals surface area contributed by atoms with E-state index in [1.54, 1.807) is 39.9 Å². The number of fused-ring (bicyclic) bond motifs is 1. The van der Waals surface area contributed by atoms with Crippen LogP contribution in [0.4, 0.5) is 4.39 Å². The van der Waals surface area contributed by atoms with Crippen molar-refractivity contribution < 1.29 is 18.7 Å². The highest BCUT2D eigenvalue weighted by Gasteiger charge is 2.67. The second-order valence-electron chi connectivity index (χ2n) is 8.44. The molecule has 5 rings (SSSR count). The Morgan fingerprint density at radius 3 is 2.80 bits per heavy atom. The molecule has 7 nitrogen and oxygen atoms in total. The SMILES string of the molecule is CN(Cc1cnn(C)c1)C(=O)[C@@H]1[C@@H]2C=C[C@@]3(CN(Cc4ccc(F)cc4)C(=O)[C@H]13)O2. The van der Waals surface area contributed by atoms with E-state index in [1.807, 2.05) is 25.4 Å². The van der Waals surface area contributed by atoms with Crippen LogP contribution in [0.15, 0.2) is 48.8 Å². The molecule has 0 saturated carbocycles. The zero-order valence-corrected chi connectivity index (χ0v) is 16.9. The lowest BCUT2D eigenvalue weighted by Crippen LogP contribution is -2.44. The molecule has 0 unspecified atom stereocenters. The Bertz CT molecular complexity index is 1030. The van der Waals surface area contributed by atoms with Crippen LogP contribution in [0.1, 0.15) is 11.1 Å². The lowest BCUT2D eigenvalue weighted by atomic mass is 9.76. The minimum Gasteiger partial charge on any atom is -0.360 e. The monoisotopic (exact) mass is 410 g/mol. The molecule has 1 spiro atoms. The Labute approximate surface area is 173 Å². The average molecular weight is 410 g/mol. The molecule has 0 radical (unpaired) electrons. The van der Waals surface area contributed by atoms with E-state index >= 15 is 0 Å². The van der Waals surface area contributed by atoms with Gasteiger partial charge in [0, 0.05) is 38.9 Å². The molecule has 3 aliphatic rings. The number of halogens is 1. The lowest BCUT2D eigenvalue weighted by Gasteiger charge is -2.27. The van der Waals surface area contributed by atoms with Crippen LogP contribution in [-0.2, 0) is 34.5 Å². The Morgan fingerprint density at radius 2 is 2.10 bits per heavy atom. The normalized spacial score (nSPS) is 29.0. The van der Waals surface area contributed by atoms with Crippen LogP contribution in [0.25, 0.3) is 0 Å². The summed E-state index contributed by atoms with van der Waals surface area (Å²) in [5, 5.41) is 4.14. The van der Waals surface area contributed by atoms with Crippen molar-refractivity contribution >= 4 is 11.8 Å². The fourth-order valence-corrected chi connectivity index (χ4v) is 4.96. The predicted molar refractivity (Wildman–Crippen MR) is 105 cm³/mol. The van der Waals surface area contributed by atoms with E-state index in [-0.39, 0.29) is 23.7 Å². The summed E-state index contributed by atoms with van der Waals surface area (Å²) >= 11 is 0. The van der Waals surface area contributed by atoms with Crippen molar-refractivity contribution in [1.82, 2.24) is 19.6 Å². The number of hydrogen-bond donors (Lipinski definition) is 0. The number of nitrogens with zero attached hydrogens (tertiary/aromatic N) is 4. The van der Waals surface area contributed by atoms with Crippen LogP contribution in [0, 0.1) is 17.7 Å². The molecule has 4 atom stereocenters. The number of benzene rings is 1. The Balaban J connectivity index is 1.35. The number of likely N-dealkylation sites (tertiary alicyclic amines) is 1. The number of aromatic nitrogens is 2. The van der Waals surface area contributed by atoms with Crippen LogP contribution in [-0.4, -0.2) is 56.7 Å². The topological polar surface area (TPSA) is 67.7 Å². The van der Waals surface area contributed by atoms with Gasteiger partial charge < -0.3 is 14.5 Å². The van der Waals surface area contributed by atoms with Crippen molar-refractivity contribution in [3.8, 4) is 0 Å². The zero-order chi connectivity index (χ0) is 21.0. The number of hydrogen-bond acceptors (Lipinski definition) is 4. The van der Waals surface area contributed by atoms with Crippen LogP contribution in [0.2, 0.25) is 0 Å². The Kier molecular flexibility index (Phi) is 4.28. The Hall–Kier alpha value is -3.00. The van der Waals surface area contributed by atoms with Gasteiger partial charge in [0.05, 0.1) is 30.7 Å². The molecule has 3 aliphatic heterocycles. The van der Waals surface area contributed by atoms with Gasteiger partial charge in [0.15, 0.2) is 0 Å². The molecule has 2 aromatic rings. The summed E-state index contributed by atoms with van der Waals surface area (Å²) in [6, 6.07) is 6.12. The second kappa shape index (κ2) is 6.77. The van der Waals surface area contributed by atoms with Gasteiger partial charge in [-0.3, -0.25) is 14.3 Å². The van der Waals surface area contributed by atoms with Crippen molar-refractivity contribution in [3.05, 3.63) is 65.8 Å². The third-order valence-electron chi connectivity index (χ3n) is 6.30. The van der Waals surface area contributed by atoms with Crippen molar-refractivity contribution in [2.24, 2.45) is 18.9 Å². The van der Waals surface area contributed by atoms with Gasteiger partial charge in [-0.2, -0.15) is 5.10 Å². The molecule has 30 heavy (non-hydrogen) atoms. The van der Waals surface area contributed by atoms with Crippen LogP contribution < -0.4 is 0 Å². The number of ether oxygens (including phenoxy) is 1. The van der Waals surface area contributed by atoms with E-state index in [0.29, 0.717) is 19.6 Å². The van der Waals surface area contributed by atoms with E-state index < -0.39 is 17.4 Å². The quantitative estimate of drug-likeness (QED) is 0.701. The van der Waals surface area contributed by atoms with Crippen LogP contribution in [0.3, 0.4) is 0 Å². The van der Waals surface area contributed by atoms with Gasteiger partial charge >= 0.3 is 0 Å². The number of carbonyl (C=O) groups is 2. The highest BCUT2D eigenvalue weighted by atomic mass is 19.1. The number of amides is 2. The predicted octanol–water partition coefficient (Wildman–Crippen LogP) is 1.50. The highest BCUT2D eigenvalue weighted by Crippen LogP contribution is 2.52. The number of carbonyl (C=O) groups excluding carboxylic acids is 2. The van der Waals surface area contributed by atoms with Crippen molar-refractivity contribution in [2.75, 3.05) is 13.6 Å². The maximum absolute atomic E-state index is 13.3. The first kappa shape index (κ1) is 19.0. The summed E-state index contributed by atoms with van der Waals surface area (Å²) in [6.45, 7) is 1.19. The van der Waals surface area contributed by atoms with Gasteiger partial charge in [-0.15, -0.1) is 0 Å². The molecular formula is C22H23FN4O3. The van der Waals surface area contributed by atoms with E-state index in [1.165, 1.54) is 12.1 Å². The second-order valence-corrected chi connectivity index (χ2v) is 8.44. The molecule has 4 heterocycles. The van der Waals surface area contributed by atoms with Gasteiger partial charge in [-0.05, 0) is 17.7 Å². The summed E-state index contributed by atoms with van der Waals surface area (Å²) < 4.78 is 21.1. The van der Waals surface area contributed by atoms with Crippen molar-refractivity contribution in [1.29, 1.82) is 0 Å². The van der Waals surface area contributed by atoms with Crippen molar-refractivity contribution in [3.63, 3.8) is 0 Å². The largest absolute Gasteiger partial charge is 0.360 e. The first-order chi connectivity index (χ1) is 14.4. The van der Waals surface area contributed by atoms with Crippen LogP contribution in [0.5, 0.6) is 0 Å². The number of rotatable bonds is 5. The third kappa shape index (κ3) is 2.94. The molecule has 0 aliphatic carbocycles. The molecule has 2 bridgehead atoms. The molecule has 0 N–H and O–H groups in total. The van der Waals surface area contributed by atoms with Gasteiger partial charge in [0.25, 0.3) is 0 Å². The first-order valence-electron chi connectivity index (χ1n) is 9.99. The Morgan fingerprint density at radius 1 is 1.33 bits per heavy atom. The van der Waals surface area contributed by atoms with Gasteiger partial charge in [-0.25, -0.2) is 4.39 Å². The van der Waals surface area contributed by atoms with E-state index in [9.17, 15) is 14.0 Å². The molecule has 1 aromatic carbocycles. The maximum Gasteiger partial charge on any atom is 0.230 e. The average Bonchev–Trinajstić information content (AvgIpc) is 3.45. The fourth-order valence-electron chi connectivity index (χ4n) is 4.96. The highest BCUT2D eigenvalue weighted by molar-refractivity contribution is 5.93. The van der Waals surface area contributed by atoms with Gasteiger partial charge in [0.1, 0.15) is 11.4 Å². The van der Waals surface area contributed by atoms with E-state index in [0.717, 1.165) is 11.1 Å². The molecule has 1 aromatic heterocycles. The molecule has 2 saturated heterocycles. The molecule has 2 amide bonds. The van der Waals surface area contributed by atoms with E-state index in [2.05, 4.69) is 5.10 Å². The summed E-state index contributed by atoms with van der Waals surface area (Å²) in [5.74, 6) is -1.57. The lowest BCUT2D eigenvalue weighted by molar-refractivity contribution is -0.142. The molecule has 2 fully saturated rings. The molecular weight excluding hydrogens is 387 g/mol. The third-order valence-corrected chi connectivity index (χ3v) is 6.30. The first-order valence-corrected chi connectivity index (χ1v) is 9.99. The number of aryl methyl sites for hydroxylation is 1. The minimum absolute atomic E-state index is 0.0840. The smallest absolute Gasteiger partial charge is 0.230 e. The standard InChI is InChI=1S/C22H23FN4O3/c1-25(10-15-9-24-26(2)11-15)20(28)18-17-7-8-22(30-17)13-27(21(29)19(18)22)12-14-3-5-16(23)6-4-14/h3-9,11,17-19H,10,12-13H2,1-2H3/t17-,18+,19-,22-/m0/s1. The minimum atomic E-state index is -0.753. The zero-order valence-electron chi connectivity index (χ0n) is 16.9. The van der Waals surface area contributed by atoms with E-state index in [4.69, 9.17) is 4.74 Å². The molecule has 8 heteroatoms. The fraction of sp³-hybridized carbons (Fsp3) is 0.409. The summed E-state index contributed by atoms with van der Waals surface area (Å²) in [4.78, 5) is 30.0. The van der Waals surface area contributed by atoms with Crippen molar-refractivity contribution in [2.45, 2.75) is 24.8 Å². The summed E-state index contributed by atoms with van der Waals surface area (Å²) in [7, 11) is 3.57. The van der Waals surface area contributed by atoms with Gasteiger partial charge in [-0.1, -0.05) is 24.3 Å². The van der Waals surface area contributed by atoms with Crippen LogP contribution >= 0.6 is 0 Å². The maximum atomic E-state index is 13.3. The molecule has 156 valence electrons. The summed E-state index contributed by atoms with van der Waals surface area (Å²) in [5.41, 5.74) is 1.02.